The molecule has 26 heteroatoms. The lowest BCUT2D eigenvalue weighted by molar-refractivity contribution is -0.121. The van der Waals surface area contributed by atoms with Gasteiger partial charge in [-0.15, -0.1) is 0 Å². The molecule has 0 bridgehead atoms. The SMILES string of the molecule is CCCCNC(=O)CCc1cc(CN2CCN(Cc3cc(CCC(=O)NCCCS(=O)(=O)O)cc(P(=O)(O)c4ccccc4)n3)CCN(Cc3cc(-c4c(C)cc(OCCCN)cc4OC)cc(P(=O)(O)c4ccccc4)n3)CC2)nc(P(=O)(O)c2ccccc2)c1. The largest absolute Gasteiger partial charge is 0.496 e. The molecule has 0 aliphatic carbocycles. The summed E-state index contributed by atoms with van der Waals surface area (Å²) in [6.07, 6.45) is 2.94. The summed E-state index contributed by atoms with van der Waals surface area (Å²) in [5, 5.41) is 6.23. The molecule has 0 radical (unpaired) electrons. The molecular formula is C66H84N9O13P3S. The van der Waals surface area contributed by atoms with Crippen LogP contribution in [0, 0.1) is 6.92 Å². The normalized spacial score (nSPS) is 15.6. The van der Waals surface area contributed by atoms with Crippen LogP contribution in [-0.4, -0.2) is 147 Å². The van der Waals surface area contributed by atoms with Crippen LogP contribution in [-0.2, 0) is 65.9 Å². The second kappa shape index (κ2) is 33.3. The summed E-state index contributed by atoms with van der Waals surface area (Å²) >= 11 is 0. The maximum atomic E-state index is 14.8. The molecule has 4 aromatic carbocycles. The highest BCUT2D eigenvalue weighted by Gasteiger charge is 2.32. The van der Waals surface area contributed by atoms with Crippen molar-refractivity contribution in [1.29, 1.82) is 0 Å². The Kier molecular flexibility index (Phi) is 25.7. The summed E-state index contributed by atoms with van der Waals surface area (Å²) in [4.78, 5) is 83.2. The van der Waals surface area contributed by atoms with Gasteiger partial charge in [-0.05, 0) is 147 Å². The lowest BCUT2D eigenvalue weighted by Crippen LogP contribution is -2.36. The molecule has 8 rings (SSSR count). The number of hydrogen-bond donors (Lipinski definition) is 7. The van der Waals surface area contributed by atoms with Gasteiger partial charge >= 0.3 is 0 Å². The van der Waals surface area contributed by atoms with E-state index < -0.39 is 38.0 Å². The fourth-order valence-electron chi connectivity index (χ4n) is 10.8. The zero-order valence-electron chi connectivity index (χ0n) is 52.3. The van der Waals surface area contributed by atoms with E-state index in [0.717, 1.165) is 18.4 Å². The number of rotatable bonds is 31. The number of pyridine rings is 3. The van der Waals surface area contributed by atoms with E-state index in [0.29, 0.717) is 116 Å². The molecule has 4 heterocycles. The number of nitrogens with two attached hydrogens (primary N) is 1. The predicted molar refractivity (Wildman–Crippen MR) is 360 cm³/mol. The number of carbonyl (C=O) groups excluding carboxylic acids is 2. The Morgan fingerprint density at radius 2 is 1.00 bits per heavy atom. The van der Waals surface area contributed by atoms with Crippen molar-refractivity contribution in [3.63, 3.8) is 0 Å². The number of nitrogens with one attached hydrogen (secondary N) is 2. The van der Waals surface area contributed by atoms with E-state index >= 15 is 0 Å². The van der Waals surface area contributed by atoms with Crippen LogP contribution < -0.4 is 58.1 Å². The predicted octanol–water partition coefficient (Wildman–Crippen LogP) is 5.24. The average Bonchev–Trinajstić information content (AvgIpc) is 0.811. The highest BCUT2D eigenvalue weighted by Crippen LogP contribution is 2.43. The third kappa shape index (κ3) is 20.3. The Morgan fingerprint density at radius 3 is 1.40 bits per heavy atom. The molecule has 92 heavy (non-hydrogen) atoms. The van der Waals surface area contributed by atoms with E-state index in [9.17, 15) is 50.9 Å². The van der Waals surface area contributed by atoms with Crippen molar-refractivity contribution in [3.8, 4) is 22.6 Å². The molecule has 3 aromatic heterocycles. The minimum atomic E-state index is -4.32. The van der Waals surface area contributed by atoms with Crippen LogP contribution in [0.4, 0.5) is 0 Å². The summed E-state index contributed by atoms with van der Waals surface area (Å²) < 4.78 is 87.6. The standard InChI is InChI=1S/C66H84N9O13P3S/c1-4-5-28-68-61(76)25-23-50-39-53(70-63(41-50)89(78,79)57-17-9-6-10-18-57)46-73-30-31-74(47-54-40-51(24-26-62(77)69-29-16-37-92(84,85)86)42-64(71-54)90(80,81)58-19-11-7-12-20-58)33-35-75(34-32-73)48-55-43-52(44-65(72-55)91(82,83)59-21-13-8-14-22-59)66-49(2)38-56(45-60(66)87-3)88-36-15-27-67/h6-14,17-22,38-45H,4-5,15-16,23-37,46-48,67H2,1-3H3,(H,68,76)(H,69,77)(H,78,79)(H,80,81)(H,82,83)(H,84,85,86). The summed E-state index contributed by atoms with van der Waals surface area (Å²) in [5.74, 6) is 0.0232. The van der Waals surface area contributed by atoms with Crippen molar-refractivity contribution < 1.29 is 60.4 Å². The molecule has 3 atom stereocenters. The van der Waals surface area contributed by atoms with E-state index in [2.05, 4.69) is 25.3 Å². The zero-order valence-corrected chi connectivity index (χ0v) is 55.8. The van der Waals surface area contributed by atoms with Gasteiger partial charge in [0.05, 0.1) is 36.6 Å². The Bertz CT molecular complexity index is 3900. The molecule has 22 nitrogen and oxygen atoms in total. The molecule has 0 spiro atoms. The topological polar surface area (TPSA) is 317 Å². The molecule has 492 valence electrons. The van der Waals surface area contributed by atoms with Crippen LogP contribution in [0.3, 0.4) is 0 Å². The van der Waals surface area contributed by atoms with Crippen molar-refractivity contribution in [2.75, 3.05) is 78.4 Å². The molecule has 0 saturated carbocycles. The van der Waals surface area contributed by atoms with Crippen LogP contribution in [0.2, 0.25) is 0 Å². The number of carbonyl (C=O) groups is 2. The van der Waals surface area contributed by atoms with Crippen LogP contribution in [0.1, 0.15) is 79.2 Å². The Balaban J connectivity index is 1.18. The first-order chi connectivity index (χ1) is 44.0. The number of unbranched alkanes of at least 4 members (excludes halogenated alkanes) is 1. The van der Waals surface area contributed by atoms with Gasteiger partial charge < -0.3 is 40.5 Å². The Hall–Kier alpha value is -6.81. The van der Waals surface area contributed by atoms with Crippen molar-refractivity contribution in [3.05, 3.63) is 173 Å². The molecule has 2 amide bonds. The monoisotopic (exact) mass is 1340 g/mol. The highest BCUT2D eigenvalue weighted by atomic mass is 32.2. The summed E-state index contributed by atoms with van der Waals surface area (Å²) in [7, 11) is -15.5. The fraction of sp³-hybridized carbons (Fsp3) is 0.379. The first-order valence-corrected chi connectivity index (χ1v) is 37.5. The molecule has 1 aliphatic rings. The van der Waals surface area contributed by atoms with Crippen LogP contribution in [0.15, 0.2) is 140 Å². The van der Waals surface area contributed by atoms with Crippen LogP contribution in [0.25, 0.3) is 11.1 Å². The minimum Gasteiger partial charge on any atom is -0.496 e. The van der Waals surface area contributed by atoms with Crippen LogP contribution >= 0.6 is 22.1 Å². The number of ether oxygens (including phenoxy) is 2. The average molecular weight is 1340 g/mol. The fourth-order valence-corrected chi connectivity index (χ4v) is 15.6. The van der Waals surface area contributed by atoms with Crippen molar-refractivity contribution in [1.82, 2.24) is 40.3 Å². The first-order valence-electron chi connectivity index (χ1n) is 30.9. The molecule has 3 unspecified atom stereocenters. The van der Waals surface area contributed by atoms with Crippen molar-refractivity contribution in [2.24, 2.45) is 5.73 Å². The highest BCUT2D eigenvalue weighted by molar-refractivity contribution is 7.85. The number of aromatic nitrogens is 3. The molecule has 8 N–H and O–H groups in total. The second-order valence-electron chi connectivity index (χ2n) is 22.9. The van der Waals surface area contributed by atoms with Gasteiger partial charge in [0.25, 0.3) is 32.2 Å². The second-order valence-corrected chi connectivity index (χ2v) is 30.9. The number of methoxy groups -OCH3 is 1. The third-order valence-electron chi connectivity index (χ3n) is 15.8. The third-order valence-corrected chi connectivity index (χ3v) is 22.1. The summed E-state index contributed by atoms with van der Waals surface area (Å²) in [6, 6.07) is 38.9. The number of nitrogens with zero attached hydrogens (tertiary/aromatic N) is 6. The van der Waals surface area contributed by atoms with E-state index in [-0.39, 0.29) is 102 Å². The van der Waals surface area contributed by atoms with Gasteiger partial charge in [-0.25, -0.2) is 15.0 Å². The van der Waals surface area contributed by atoms with Crippen LogP contribution in [0.5, 0.6) is 11.5 Å². The number of benzene rings is 4. The maximum Gasteiger partial charge on any atom is 0.276 e. The van der Waals surface area contributed by atoms with E-state index in [1.54, 1.807) is 122 Å². The lowest BCUT2D eigenvalue weighted by Gasteiger charge is -2.26. The lowest BCUT2D eigenvalue weighted by atomic mass is 9.99. The number of amides is 2. The zero-order chi connectivity index (χ0) is 65.9. The Labute approximate surface area is 539 Å². The number of aryl methyl sites for hydroxylation is 3. The first kappa shape index (κ1) is 71.0. The maximum absolute atomic E-state index is 14.8. The van der Waals surface area contributed by atoms with E-state index in [1.165, 1.54) is 6.07 Å². The van der Waals surface area contributed by atoms with Gasteiger partial charge in [-0.3, -0.25) is 42.5 Å². The molecule has 1 saturated heterocycles. The summed E-state index contributed by atoms with van der Waals surface area (Å²) in [6.45, 7) is 8.56. The van der Waals surface area contributed by atoms with Gasteiger partial charge in [0.1, 0.15) is 27.8 Å². The van der Waals surface area contributed by atoms with Gasteiger partial charge in [0.15, 0.2) is 0 Å². The molecule has 7 aromatic rings. The molecular weight excluding hydrogens is 1250 g/mol. The minimum absolute atomic E-state index is 0.00479. The van der Waals surface area contributed by atoms with Gasteiger partial charge in [0.2, 0.25) is 11.8 Å². The Morgan fingerprint density at radius 1 is 0.587 bits per heavy atom. The van der Waals surface area contributed by atoms with Gasteiger partial charge in [-0.2, -0.15) is 8.42 Å². The summed E-state index contributed by atoms with van der Waals surface area (Å²) in [5.41, 5.74) is 10.4. The van der Waals surface area contributed by atoms with Crippen molar-refractivity contribution >= 4 is 76.3 Å². The molecule has 1 aliphatic heterocycles. The van der Waals surface area contributed by atoms with E-state index in [4.69, 9.17) is 30.2 Å². The van der Waals surface area contributed by atoms with Crippen molar-refractivity contribution in [2.45, 2.75) is 84.8 Å². The smallest absolute Gasteiger partial charge is 0.276 e. The quantitative estimate of drug-likeness (QED) is 0.0166. The number of hydrogen-bond acceptors (Lipinski definition) is 16. The van der Waals surface area contributed by atoms with Gasteiger partial charge in [-0.1, -0.05) is 67.9 Å². The van der Waals surface area contributed by atoms with Gasteiger partial charge in [0, 0.05) is 112 Å². The van der Waals surface area contributed by atoms with E-state index in [1.807, 2.05) is 32.0 Å². The molecule has 1 fully saturated rings.